The van der Waals surface area contributed by atoms with Crippen molar-refractivity contribution in [3.8, 4) is 17.2 Å². The number of hydrogen-bond donors (Lipinski definition) is 0. The number of aromatic nitrogens is 1. The summed E-state index contributed by atoms with van der Waals surface area (Å²) >= 11 is 1.28. The lowest BCUT2D eigenvalue weighted by atomic mass is 10.0. The zero-order valence-electron chi connectivity index (χ0n) is 13.2. The van der Waals surface area contributed by atoms with Crippen LogP contribution in [0.25, 0.3) is 21.3 Å². The Balaban J connectivity index is 2.15. The Kier molecular flexibility index (Phi) is 4.31. The zero-order valence-corrected chi connectivity index (χ0v) is 14.1. The van der Waals surface area contributed by atoms with Gasteiger partial charge in [0.25, 0.3) is 0 Å². The molecule has 0 fully saturated rings. The molecule has 0 aliphatic carbocycles. The third-order valence-corrected chi connectivity index (χ3v) is 5.04. The van der Waals surface area contributed by atoms with Gasteiger partial charge in [-0.15, -0.1) is 0 Å². The molecule has 23 heavy (non-hydrogen) atoms. The Morgan fingerprint density at radius 2 is 2.04 bits per heavy atom. The van der Waals surface area contributed by atoms with E-state index in [9.17, 15) is 10.1 Å². The second-order valence-electron chi connectivity index (χ2n) is 5.72. The van der Waals surface area contributed by atoms with Crippen molar-refractivity contribution < 1.29 is 0 Å². The van der Waals surface area contributed by atoms with Crippen LogP contribution in [0, 0.1) is 11.3 Å². The van der Waals surface area contributed by atoms with Gasteiger partial charge < -0.3 is 0 Å². The van der Waals surface area contributed by atoms with E-state index in [2.05, 4.69) is 19.9 Å². The van der Waals surface area contributed by atoms with E-state index in [0.29, 0.717) is 5.56 Å². The first-order valence-electron chi connectivity index (χ1n) is 7.80. The number of rotatable bonds is 4. The molecule has 0 N–H and O–H groups in total. The van der Waals surface area contributed by atoms with E-state index in [1.54, 1.807) is 0 Å². The summed E-state index contributed by atoms with van der Waals surface area (Å²) < 4.78 is 2.87. The predicted octanol–water partition coefficient (Wildman–Crippen LogP) is 4.96. The summed E-state index contributed by atoms with van der Waals surface area (Å²) in [5.41, 5.74) is 3.52. The largest absolute Gasteiger partial charge is 0.308 e. The Morgan fingerprint density at radius 1 is 1.26 bits per heavy atom. The van der Waals surface area contributed by atoms with Gasteiger partial charge in [-0.05, 0) is 42.7 Å². The normalized spacial score (nSPS) is 12.2. The summed E-state index contributed by atoms with van der Waals surface area (Å²) in [5, 5.41) is 9.27. The molecule has 0 aliphatic rings. The molecule has 0 aliphatic heterocycles. The number of fused-ring (bicyclic) bond motifs is 1. The topological polar surface area (TPSA) is 45.8 Å². The predicted molar refractivity (Wildman–Crippen MR) is 95.9 cm³/mol. The minimum absolute atomic E-state index is 0.0895. The van der Waals surface area contributed by atoms with Crippen molar-refractivity contribution in [2.24, 2.45) is 0 Å². The smallest absolute Gasteiger partial charge is 0.296 e. The molecule has 3 aromatic rings. The maximum absolute atomic E-state index is 12.4. The highest BCUT2D eigenvalue weighted by molar-refractivity contribution is 7.16. The van der Waals surface area contributed by atoms with Gasteiger partial charge in [-0.25, -0.2) is 0 Å². The van der Waals surface area contributed by atoms with Crippen LogP contribution in [0.4, 0.5) is 0 Å². The average molecular weight is 322 g/mol. The lowest BCUT2D eigenvalue weighted by Gasteiger charge is -2.12. The van der Waals surface area contributed by atoms with Gasteiger partial charge in [0.2, 0.25) is 0 Å². The first kappa shape index (κ1) is 15.5. The summed E-state index contributed by atoms with van der Waals surface area (Å²) in [7, 11) is 0. The van der Waals surface area contributed by atoms with Crippen LogP contribution < -0.4 is 4.87 Å². The summed E-state index contributed by atoms with van der Waals surface area (Å²) in [6.07, 6.45) is 2.04. The summed E-state index contributed by atoms with van der Waals surface area (Å²) in [6, 6.07) is 16.0. The third kappa shape index (κ3) is 2.80. The fourth-order valence-corrected chi connectivity index (χ4v) is 4.02. The van der Waals surface area contributed by atoms with E-state index in [4.69, 9.17) is 0 Å². The summed E-state index contributed by atoms with van der Waals surface area (Å²) in [4.78, 5) is 12.4. The van der Waals surface area contributed by atoms with Gasteiger partial charge in [0, 0.05) is 6.04 Å². The van der Waals surface area contributed by atoms with Crippen molar-refractivity contribution in [2.45, 2.75) is 32.7 Å². The molecule has 0 bridgehead atoms. The molecule has 116 valence electrons. The molecule has 0 spiro atoms. The highest BCUT2D eigenvalue weighted by Gasteiger charge is 2.14. The number of thiazole rings is 1. The fraction of sp³-hybridized carbons (Fsp3) is 0.263. The van der Waals surface area contributed by atoms with Crippen LogP contribution in [0.3, 0.4) is 0 Å². The van der Waals surface area contributed by atoms with Crippen LogP contribution in [0.5, 0.6) is 0 Å². The third-order valence-electron chi connectivity index (χ3n) is 4.12. The van der Waals surface area contributed by atoms with Gasteiger partial charge in [-0.2, -0.15) is 5.26 Å². The molecule has 4 heteroatoms. The monoisotopic (exact) mass is 322 g/mol. The lowest BCUT2D eigenvalue weighted by molar-refractivity contribution is 0.507. The van der Waals surface area contributed by atoms with Crippen LogP contribution in [-0.4, -0.2) is 4.57 Å². The Bertz CT molecular complexity index is 946. The second kappa shape index (κ2) is 6.39. The lowest BCUT2D eigenvalue weighted by Crippen LogP contribution is -2.16. The van der Waals surface area contributed by atoms with E-state index in [-0.39, 0.29) is 10.9 Å². The molecule has 0 amide bonds. The molecule has 0 saturated carbocycles. The summed E-state index contributed by atoms with van der Waals surface area (Å²) in [5.74, 6) is 0. The maximum atomic E-state index is 12.4. The quantitative estimate of drug-likeness (QED) is 0.681. The zero-order chi connectivity index (χ0) is 16.4. The Labute approximate surface area is 139 Å². The van der Waals surface area contributed by atoms with Gasteiger partial charge in [-0.3, -0.25) is 9.36 Å². The second-order valence-corrected chi connectivity index (χ2v) is 6.71. The fourth-order valence-electron chi connectivity index (χ4n) is 3.00. The van der Waals surface area contributed by atoms with Crippen LogP contribution in [0.15, 0.2) is 47.3 Å². The maximum Gasteiger partial charge on any atom is 0.308 e. The van der Waals surface area contributed by atoms with Gasteiger partial charge >= 0.3 is 4.87 Å². The molecule has 0 unspecified atom stereocenters. The van der Waals surface area contributed by atoms with E-state index in [0.717, 1.165) is 34.2 Å². The first-order chi connectivity index (χ1) is 11.2. The molecule has 1 atom stereocenters. The Morgan fingerprint density at radius 3 is 2.78 bits per heavy atom. The van der Waals surface area contributed by atoms with Crippen molar-refractivity contribution in [1.29, 1.82) is 5.26 Å². The van der Waals surface area contributed by atoms with Crippen molar-refractivity contribution in [3.63, 3.8) is 0 Å². The van der Waals surface area contributed by atoms with Crippen LogP contribution in [-0.2, 0) is 0 Å². The average Bonchev–Trinajstić information content (AvgIpc) is 2.89. The van der Waals surface area contributed by atoms with Crippen LogP contribution in [0.2, 0.25) is 0 Å². The Hall–Kier alpha value is -2.38. The van der Waals surface area contributed by atoms with Gasteiger partial charge in [0.1, 0.15) is 0 Å². The van der Waals surface area contributed by atoms with Gasteiger partial charge in [0.05, 0.1) is 21.8 Å². The number of hydrogen-bond acceptors (Lipinski definition) is 3. The van der Waals surface area contributed by atoms with Crippen molar-refractivity contribution in [1.82, 2.24) is 4.57 Å². The number of nitrogens with zero attached hydrogens (tertiary/aromatic N) is 2. The molecule has 1 aromatic heterocycles. The highest BCUT2D eigenvalue weighted by Crippen LogP contribution is 2.30. The molecule has 0 radical (unpaired) electrons. The number of benzene rings is 2. The minimum Gasteiger partial charge on any atom is -0.296 e. The van der Waals surface area contributed by atoms with Crippen molar-refractivity contribution in [2.75, 3.05) is 0 Å². The molecule has 3 rings (SSSR count). The van der Waals surface area contributed by atoms with E-state index < -0.39 is 0 Å². The first-order valence-corrected chi connectivity index (χ1v) is 8.62. The molecule has 1 heterocycles. The van der Waals surface area contributed by atoms with E-state index in [1.807, 2.05) is 47.0 Å². The van der Waals surface area contributed by atoms with Gasteiger partial charge in [-0.1, -0.05) is 48.9 Å². The minimum atomic E-state index is 0.0895. The highest BCUT2D eigenvalue weighted by atomic mass is 32.1. The molecular weight excluding hydrogens is 304 g/mol. The SMILES string of the molecule is CCC[C@H](C)n1c(=O)sc2cc(-c3ccccc3C#N)ccc21. The van der Waals surface area contributed by atoms with Gasteiger partial charge in [0.15, 0.2) is 0 Å². The molecular formula is C19H18N2OS. The molecule has 3 nitrogen and oxygen atoms in total. The molecule has 2 aromatic carbocycles. The van der Waals surface area contributed by atoms with Crippen LogP contribution >= 0.6 is 11.3 Å². The van der Waals surface area contributed by atoms with E-state index in [1.165, 1.54) is 11.3 Å². The van der Waals surface area contributed by atoms with Crippen molar-refractivity contribution in [3.05, 3.63) is 57.7 Å². The van der Waals surface area contributed by atoms with Crippen molar-refractivity contribution >= 4 is 21.6 Å². The summed E-state index contributed by atoms with van der Waals surface area (Å²) in [6.45, 7) is 4.23. The standard InChI is InChI=1S/C19H18N2OS/c1-3-6-13(2)21-17-10-9-14(11-18(17)23-19(21)22)16-8-5-4-7-15(16)12-20/h4-5,7-11,13H,3,6H2,1-2H3/t13-/m0/s1. The van der Waals surface area contributed by atoms with Crippen LogP contribution in [0.1, 0.15) is 38.3 Å². The molecule has 0 saturated heterocycles. The number of nitriles is 1. The van der Waals surface area contributed by atoms with E-state index >= 15 is 0 Å².